The number of benzene rings is 1. The molecule has 0 bridgehead atoms. The van der Waals surface area contributed by atoms with E-state index in [1.807, 2.05) is 12.3 Å². The van der Waals surface area contributed by atoms with E-state index in [9.17, 15) is 0 Å². The lowest BCUT2D eigenvalue weighted by atomic mass is 9.85. The normalized spacial score (nSPS) is 18.9. The molecule has 15 heavy (non-hydrogen) atoms. The van der Waals surface area contributed by atoms with Crippen LogP contribution in [-0.4, -0.2) is 6.21 Å². The Morgan fingerprint density at radius 2 is 1.93 bits per heavy atom. The second kappa shape index (κ2) is 4.03. The van der Waals surface area contributed by atoms with Crippen LogP contribution in [0.3, 0.4) is 0 Å². The quantitative estimate of drug-likeness (QED) is 0.628. The van der Waals surface area contributed by atoms with Crippen LogP contribution in [0, 0.1) is 0 Å². The van der Waals surface area contributed by atoms with Gasteiger partial charge in [-0.3, -0.25) is 4.99 Å². The molecular formula is C13H12ClN. The third-order valence-corrected chi connectivity index (χ3v) is 2.84. The molecule has 1 nitrogen and oxygen atoms in total. The molecular weight excluding hydrogens is 206 g/mol. The summed E-state index contributed by atoms with van der Waals surface area (Å²) >= 11 is 0. The van der Waals surface area contributed by atoms with Gasteiger partial charge in [0.1, 0.15) is 0 Å². The Morgan fingerprint density at radius 1 is 1.07 bits per heavy atom. The number of halogens is 1. The number of aliphatic imine (C=N–C) groups is 1. The van der Waals surface area contributed by atoms with E-state index in [1.165, 1.54) is 28.8 Å². The van der Waals surface area contributed by atoms with E-state index < -0.39 is 0 Å². The maximum atomic E-state index is 4.42. The Labute approximate surface area is 95.6 Å². The van der Waals surface area contributed by atoms with Crippen molar-refractivity contribution in [2.45, 2.75) is 12.8 Å². The minimum atomic E-state index is 0. The highest BCUT2D eigenvalue weighted by Gasteiger charge is 2.19. The standard InChI is InChI=1S/C13H11N.ClH/c1-2-6-11-10(4-1)5-3-9-14-13-8-7-12(11)13;/h1-6,9H,7-8H2;1H/b5-3-,9-3?,10-5?,12-11?,14-9?,14-13?;. The molecule has 3 rings (SSSR count). The molecule has 1 aliphatic heterocycles. The van der Waals surface area contributed by atoms with Crippen molar-refractivity contribution in [3.8, 4) is 0 Å². The third-order valence-electron chi connectivity index (χ3n) is 2.84. The lowest BCUT2D eigenvalue weighted by Crippen LogP contribution is -2.04. The molecule has 76 valence electrons. The molecule has 0 amide bonds. The lowest BCUT2D eigenvalue weighted by molar-refractivity contribution is 0.885. The highest BCUT2D eigenvalue weighted by Crippen LogP contribution is 2.39. The first-order chi connectivity index (χ1) is 6.95. The number of nitrogens with zero attached hydrogens (tertiary/aromatic N) is 1. The van der Waals surface area contributed by atoms with Gasteiger partial charge in [-0.2, -0.15) is 0 Å². The first kappa shape index (κ1) is 10.2. The molecule has 0 saturated carbocycles. The van der Waals surface area contributed by atoms with Crippen LogP contribution < -0.4 is 0 Å². The Kier molecular flexibility index (Phi) is 2.74. The van der Waals surface area contributed by atoms with Crippen LogP contribution in [0.15, 0.2) is 41.0 Å². The summed E-state index contributed by atoms with van der Waals surface area (Å²) in [5, 5.41) is 0. The predicted octanol–water partition coefficient (Wildman–Crippen LogP) is 3.71. The second-order valence-corrected chi connectivity index (χ2v) is 3.65. The average Bonchev–Trinajstić information content (AvgIpc) is 2.16. The molecule has 2 aliphatic rings. The van der Waals surface area contributed by atoms with Crippen LogP contribution in [-0.2, 0) is 0 Å². The number of allylic oxidation sites excluding steroid dienone is 3. The number of fused-ring (bicyclic) bond motifs is 2. The van der Waals surface area contributed by atoms with Gasteiger partial charge in [-0.15, -0.1) is 12.4 Å². The molecule has 0 fully saturated rings. The minimum Gasteiger partial charge on any atom is -0.261 e. The minimum absolute atomic E-state index is 0. The van der Waals surface area contributed by atoms with E-state index in [4.69, 9.17) is 0 Å². The van der Waals surface area contributed by atoms with Crippen molar-refractivity contribution in [2.75, 3.05) is 0 Å². The van der Waals surface area contributed by atoms with Gasteiger partial charge < -0.3 is 0 Å². The molecule has 1 heterocycles. The maximum absolute atomic E-state index is 4.42. The van der Waals surface area contributed by atoms with Crippen molar-refractivity contribution < 1.29 is 0 Å². The summed E-state index contributed by atoms with van der Waals surface area (Å²) in [5.74, 6) is 0. The summed E-state index contributed by atoms with van der Waals surface area (Å²) in [6.07, 6.45) is 8.35. The van der Waals surface area contributed by atoms with Crippen LogP contribution in [0.5, 0.6) is 0 Å². The van der Waals surface area contributed by atoms with Gasteiger partial charge in [0.05, 0.1) is 0 Å². The van der Waals surface area contributed by atoms with Gasteiger partial charge in [-0.25, -0.2) is 0 Å². The summed E-state index contributed by atoms with van der Waals surface area (Å²) < 4.78 is 0. The molecule has 2 heteroatoms. The fourth-order valence-corrected chi connectivity index (χ4v) is 1.99. The van der Waals surface area contributed by atoms with E-state index in [1.54, 1.807) is 0 Å². The maximum Gasteiger partial charge on any atom is 0.0445 e. The number of hydrogen-bond acceptors (Lipinski definition) is 1. The lowest BCUT2D eigenvalue weighted by Gasteiger charge is -2.23. The van der Waals surface area contributed by atoms with Crippen LogP contribution in [0.1, 0.15) is 24.0 Å². The Hall–Kier alpha value is -1.34. The van der Waals surface area contributed by atoms with Crippen molar-refractivity contribution in [1.82, 2.24) is 0 Å². The van der Waals surface area contributed by atoms with E-state index in [0.717, 1.165) is 6.42 Å². The fraction of sp³-hybridized carbons (Fsp3) is 0.154. The van der Waals surface area contributed by atoms with Crippen molar-refractivity contribution >= 4 is 30.3 Å². The summed E-state index contributed by atoms with van der Waals surface area (Å²) in [7, 11) is 0. The summed E-state index contributed by atoms with van der Waals surface area (Å²) in [6.45, 7) is 0. The number of rotatable bonds is 0. The number of hydrogen-bond donors (Lipinski definition) is 0. The van der Waals surface area contributed by atoms with Crippen LogP contribution >= 0.6 is 12.4 Å². The summed E-state index contributed by atoms with van der Waals surface area (Å²) in [5.41, 5.74) is 5.37. The van der Waals surface area contributed by atoms with Gasteiger partial charge in [0.15, 0.2) is 0 Å². The van der Waals surface area contributed by atoms with Gasteiger partial charge in [0, 0.05) is 11.9 Å². The van der Waals surface area contributed by atoms with E-state index in [-0.39, 0.29) is 12.4 Å². The zero-order chi connectivity index (χ0) is 9.38. The predicted molar refractivity (Wildman–Crippen MR) is 67.4 cm³/mol. The fourth-order valence-electron chi connectivity index (χ4n) is 1.99. The molecule has 1 aromatic carbocycles. The van der Waals surface area contributed by atoms with E-state index in [2.05, 4.69) is 35.3 Å². The Balaban J connectivity index is 0.000000853. The second-order valence-electron chi connectivity index (χ2n) is 3.65. The molecule has 0 radical (unpaired) electrons. The SMILES string of the molecule is C1=NC2=C(CC2)c2ccccc2/C=C\1.Cl. The zero-order valence-electron chi connectivity index (χ0n) is 8.31. The third kappa shape index (κ3) is 1.64. The molecule has 0 atom stereocenters. The van der Waals surface area contributed by atoms with E-state index >= 15 is 0 Å². The van der Waals surface area contributed by atoms with Crippen molar-refractivity contribution in [3.63, 3.8) is 0 Å². The molecule has 0 aromatic heterocycles. The average molecular weight is 218 g/mol. The summed E-state index contributed by atoms with van der Waals surface area (Å²) in [6, 6.07) is 8.53. The van der Waals surface area contributed by atoms with Crippen LogP contribution in [0.25, 0.3) is 11.6 Å². The highest BCUT2D eigenvalue weighted by molar-refractivity contribution is 5.88. The smallest absolute Gasteiger partial charge is 0.0445 e. The van der Waals surface area contributed by atoms with Gasteiger partial charge in [0.2, 0.25) is 0 Å². The molecule has 0 unspecified atom stereocenters. The van der Waals surface area contributed by atoms with Crippen LogP contribution in [0.2, 0.25) is 0 Å². The van der Waals surface area contributed by atoms with Gasteiger partial charge in [-0.05, 0) is 35.6 Å². The summed E-state index contributed by atoms with van der Waals surface area (Å²) in [4.78, 5) is 4.42. The molecule has 1 aromatic rings. The topological polar surface area (TPSA) is 12.4 Å². The van der Waals surface area contributed by atoms with Gasteiger partial charge in [0.25, 0.3) is 0 Å². The van der Waals surface area contributed by atoms with Gasteiger partial charge >= 0.3 is 0 Å². The van der Waals surface area contributed by atoms with Crippen molar-refractivity contribution in [3.05, 3.63) is 47.2 Å². The highest BCUT2D eigenvalue weighted by atomic mass is 35.5. The van der Waals surface area contributed by atoms with Crippen LogP contribution in [0.4, 0.5) is 0 Å². The van der Waals surface area contributed by atoms with Crippen molar-refractivity contribution in [1.29, 1.82) is 0 Å². The Bertz CT molecular complexity index is 469. The van der Waals surface area contributed by atoms with Gasteiger partial charge in [-0.1, -0.05) is 30.3 Å². The van der Waals surface area contributed by atoms with Crippen molar-refractivity contribution in [2.24, 2.45) is 4.99 Å². The molecule has 0 saturated heterocycles. The largest absolute Gasteiger partial charge is 0.261 e. The first-order valence-electron chi connectivity index (χ1n) is 4.97. The monoisotopic (exact) mass is 217 g/mol. The molecule has 1 aliphatic carbocycles. The zero-order valence-corrected chi connectivity index (χ0v) is 9.13. The molecule has 0 N–H and O–H groups in total. The first-order valence-corrected chi connectivity index (χ1v) is 4.97. The van der Waals surface area contributed by atoms with E-state index in [0.29, 0.717) is 0 Å². The Morgan fingerprint density at radius 3 is 2.73 bits per heavy atom. The molecule has 0 spiro atoms.